The molecule has 0 saturated heterocycles. The van der Waals surface area contributed by atoms with Gasteiger partial charge in [0.25, 0.3) is 5.91 Å². The van der Waals surface area contributed by atoms with E-state index in [4.69, 9.17) is 16.3 Å². The van der Waals surface area contributed by atoms with Gasteiger partial charge in [-0.05, 0) is 25.1 Å². The third-order valence-electron chi connectivity index (χ3n) is 6.24. The van der Waals surface area contributed by atoms with Crippen molar-refractivity contribution >= 4 is 29.4 Å². The van der Waals surface area contributed by atoms with E-state index in [9.17, 15) is 18.4 Å². The van der Waals surface area contributed by atoms with Crippen LogP contribution in [0, 0.1) is 5.95 Å². The second kappa shape index (κ2) is 8.22. The van der Waals surface area contributed by atoms with Crippen LogP contribution in [0.4, 0.5) is 19.4 Å². The number of anilines is 1. The zero-order valence-electron chi connectivity index (χ0n) is 18.7. The van der Waals surface area contributed by atoms with Crippen molar-refractivity contribution in [2.75, 3.05) is 5.32 Å². The van der Waals surface area contributed by atoms with Crippen molar-refractivity contribution in [3.05, 3.63) is 52.7 Å². The highest BCUT2D eigenvalue weighted by Crippen LogP contribution is 2.62. The molecular formula is C22H20ClF2N7O3. The third-order valence-corrected chi connectivity index (χ3v) is 6.55. The van der Waals surface area contributed by atoms with Crippen LogP contribution in [-0.4, -0.2) is 48.2 Å². The molecule has 13 heteroatoms. The number of hydrogen-bond acceptors (Lipinski definition) is 7. The van der Waals surface area contributed by atoms with Crippen molar-refractivity contribution in [1.29, 1.82) is 0 Å². The molecule has 0 aromatic carbocycles. The highest BCUT2D eigenvalue weighted by molar-refractivity contribution is 6.30. The summed E-state index contributed by atoms with van der Waals surface area (Å²) < 4.78 is 35.1. The van der Waals surface area contributed by atoms with Crippen LogP contribution in [0.3, 0.4) is 0 Å². The Morgan fingerprint density at radius 2 is 2.00 bits per heavy atom. The van der Waals surface area contributed by atoms with Gasteiger partial charge in [-0.25, -0.2) is 23.8 Å². The van der Waals surface area contributed by atoms with E-state index >= 15 is 0 Å². The van der Waals surface area contributed by atoms with Crippen molar-refractivity contribution < 1.29 is 23.1 Å². The summed E-state index contributed by atoms with van der Waals surface area (Å²) in [5.74, 6) is -1.58. The number of aryl methyl sites for hydroxylation is 1. The average molecular weight is 504 g/mol. The molecule has 0 aliphatic heterocycles. The van der Waals surface area contributed by atoms with Crippen LogP contribution in [0.5, 0.6) is 0 Å². The molecule has 3 aliphatic carbocycles. The lowest BCUT2D eigenvalue weighted by molar-refractivity contribution is -0.162. The lowest BCUT2D eigenvalue weighted by Crippen LogP contribution is -2.76. The summed E-state index contributed by atoms with van der Waals surface area (Å²) >= 11 is 6.05. The summed E-state index contributed by atoms with van der Waals surface area (Å²) in [4.78, 5) is 32.8. The highest BCUT2D eigenvalue weighted by atomic mass is 35.5. The van der Waals surface area contributed by atoms with Gasteiger partial charge in [0.1, 0.15) is 16.9 Å². The molecule has 0 radical (unpaired) electrons. The number of carbonyl (C=O) groups excluding carboxylic acids is 2. The number of rotatable bonds is 6. The maximum absolute atomic E-state index is 14.7. The molecule has 182 valence electrons. The van der Waals surface area contributed by atoms with E-state index in [2.05, 4.69) is 30.9 Å². The summed E-state index contributed by atoms with van der Waals surface area (Å²) in [5, 5.41) is 13.2. The van der Waals surface area contributed by atoms with Gasteiger partial charge in [0.2, 0.25) is 5.95 Å². The zero-order chi connectivity index (χ0) is 25.0. The molecular weight excluding hydrogens is 484 g/mol. The first kappa shape index (κ1) is 23.1. The van der Waals surface area contributed by atoms with Gasteiger partial charge in [-0.2, -0.15) is 4.39 Å². The predicted molar refractivity (Wildman–Crippen MR) is 120 cm³/mol. The van der Waals surface area contributed by atoms with Crippen LogP contribution >= 0.6 is 11.6 Å². The fraction of sp³-hybridized carbons (Fsp3) is 0.364. The van der Waals surface area contributed by atoms with Gasteiger partial charge in [0.15, 0.2) is 11.5 Å². The summed E-state index contributed by atoms with van der Waals surface area (Å²) in [6, 6.07) is 5.99. The maximum atomic E-state index is 14.7. The van der Waals surface area contributed by atoms with Gasteiger partial charge in [0.05, 0.1) is 11.3 Å². The van der Waals surface area contributed by atoms with Gasteiger partial charge in [-0.3, -0.25) is 10.1 Å². The van der Waals surface area contributed by atoms with Crippen molar-refractivity contribution in [3.63, 3.8) is 0 Å². The largest absolute Gasteiger partial charge is 0.441 e. The standard InChI is InChI=1S/C22H20ClF2N7O3/c1-11(12-4-3-7-26-16(12)23)35-20(34)28-18-15(30-31-32(18)2)14-6-5-13(17(24)27-14)19(33)29-22-8-21(25,9-22)10-22/h3-7,11H,8-10H2,1-2H3,(H,28,34)(H,29,33)/t11-,21?,22?/m1/s1. The van der Waals surface area contributed by atoms with Gasteiger partial charge in [-0.1, -0.05) is 22.9 Å². The first-order valence-electron chi connectivity index (χ1n) is 10.7. The Hall–Kier alpha value is -3.67. The fourth-order valence-corrected chi connectivity index (χ4v) is 4.83. The van der Waals surface area contributed by atoms with Gasteiger partial charge in [0, 0.05) is 43.6 Å². The zero-order valence-corrected chi connectivity index (χ0v) is 19.4. The number of hydrogen-bond donors (Lipinski definition) is 2. The van der Waals surface area contributed by atoms with Gasteiger partial charge < -0.3 is 10.1 Å². The van der Waals surface area contributed by atoms with Crippen molar-refractivity contribution in [3.8, 4) is 11.4 Å². The van der Waals surface area contributed by atoms with E-state index in [0.29, 0.717) is 5.56 Å². The van der Waals surface area contributed by atoms with Gasteiger partial charge >= 0.3 is 6.09 Å². The molecule has 2 bridgehead atoms. The van der Waals surface area contributed by atoms with E-state index in [-0.39, 0.29) is 47.2 Å². The molecule has 10 nitrogen and oxygen atoms in total. The third kappa shape index (κ3) is 4.18. The molecule has 2 amide bonds. The van der Waals surface area contributed by atoms with E-state index in [1.165, 1.54) is 30.1 Å². The minimum absolute atomic E-state index is 0.0408. The van der Waals surface area contributed by atoms with Crippen LogP contribution < -0.4 is 10.6 Å². The Bertz CT molecular complexity index is 1330. The number of nitrogens with one attached hydrogen (secondary N) is 2. The van der Waals surface area contributed by atoms with E-state index in [1.807, 2.05) is 0 Å². The van der Waals surface area contributed by atoms with Crippen LogP contribution in [0.25, 0.3) is 11.4 Å². The Balaban J connectivity index is 1.30. The molecule has 3 aromatic rings. The maximum Gasteiger partial charge on any atom is 0.413 e. The average Bonchev–Trinajstić information content (AvgIpc) is 3.11. The molecule has 0 spiro atoms. The van der Waals surface area contributed by atoms with Crippen LogP contribution in [0.1, 0.15) is 48.2 Å². The van der Waals surface area contributed by atoms with Crippen molar-refractivity contribution in [2.24, 2.45) is 7.05 Å². The Morgan fingerprint density at radius 3 is 2.66 bits per heavy atom. The van der Waals surface area contributed by atoms with Crippen LogP contribution in [0.2, 0.25) is 5.15 Å². The lowest BCUT2D eigenvalue weighted by Gasteiger charge is -2.65. The normalized spacial score (nSPS) is 23.0. The molecule has 3 aromatic heterocycles. The Morgan fingerprint density at radius 1 is 1.26 bits per heavy atom. The summed E-state index contributed by atoms with van der Waals surface area (Å²) in [6.07, 6.45) is 0.717. The predicted octanol–water partition coefficient (Wildman–Crippen LogP) is 3.75. The van der Waals surface area contributed by atoms with Crippen molar-refractivity contribution in [2.45, 2.75) is 43.5 Å². The molecule has 3 heterocycles. The first-order chi connectivity index (χ1) is 16.6. The fourth-order valence-electron chi connectivity index (χ4n) is 4.56. The number of carbonyl (C=O) groups is 2. The number of ether oxygens (including phenoxy) is 1. The number of amides is 2. The highest BCUT2D eigenvalue weighted by Gasteiger charge is 2.70. The molecule has 6 rings (SSSR count). The first-order valence-corrected chi connectivity index (χ1v) is 11.1. The van der Waals surface area contributed by atoms with Crippen molar-refractivity contribution in [1.82, 2.24) is 30.3 Å². The molecule has 3 saturated carbocycles. The minimum atomic E-state index is -1.19. The van der Waals surface area contributed by atoms with Gasteiger partial charge in [-0.15, -0.1) is 5.10 Å². The number of halogens is 3. The second-order valence-electron chi connectivity index (χ2n) is 8.92. The molecule has 0 unspecified atom stereocenters. The summed E-state index contributed by atoms with van der Waals surface area (Å²) in [6.45, 7) is 1.63. The number of nitrogens with zero attached hydrogens (tertiary/aromatic N) is 5. The van der Waals surface area contributed by atoms with E-state index in [0.717, 1.165) is 0 Å². The summed E-state index contributed by atoms with van der Waals surface area (Å²) in [5.41, 5.74) is -1.42. The van der Waals surface area contributed by atoms with E-state index in [1.54, 1.807) is 19.1 Å². The molecule has 1 atom stereocenters. The number of alkyl halides is 1. The Kier molecular flexibility index (Phi) is 5.42. The van der Waals surface area contributed by atoms with Crippen LogP contribution in [0.15, 0.2) is 30.5 Å². The number of aromatic nitrogens is 5. The molecule has 35 heavy (non-hydrogen) atoms. The Labute approximate surface area is 203 Å². The SMILES string of the molecule is C[C@@H](OC(=O)Nc1c(-c2ccc(C(=O)NC34CC(F)(C3)C4)c(F)n2)nnn1C)c1cccnc1Cl. The monoisotopic (exact) mass is 503 g/mol. The lowest BCUT2D eigenvalue weighted by atomic mass is 9.47. The molecule has 3 aliphatic rings. The molecule has 3 fully saturated rings. The number of pyridine rings is 2. The van der Waals surface area contributed by atoms with E-state index < -0.39 is 35.3 Å². The smallest absolute Gasteiger partial charge is 0.413 e. The quantitative estimate of drug-likeness (QED) is 0.491. The topological polar surface area (TPSA) is 124 Å². The van der Waals surface area contributed by atoms with Crippen LogP contribution in [-0.2, 0) is 11.8 Å². The minimum Gasteiger partial charge on any atom is -0.441 e. The molecule has 2 N–H and O–H groups in total. The second-order valence-corrected chi connectivity index (χ2v) is 9.27. The summed E-state index contributed by atoms with van der Waals surface area (Å²) in [7, 11) is 1.52.